The van der Waals surface area contributed by atoms with Gasteiger partial charge in [0.2, 0.25) is 0 Å². The van der Waals surface area contributed by atoms with Gasteiger partial charge in [-0.25, -0.2) is 14.0 Å². The van der Waals surface area contributed by atoms with Crippen LogP contribution in [0.2, 0.25) is 19.6 Å². The van der Waals surface area contributed by atoms with Crippen LogP contribution in [0.1, 0.15) is 22.1 Å². The molecule has 0 amide bonds. The molecule has 31 heavy (non-hydrogen) atoms. The molecule has 2 aromatic rings. The van der Waals surface area contributed by atoms with Gasteiger partial charge < -0.3 is 14.6 Å². The Balaban J connectivity index is 1.90. The number of esters is 1. The fourth-order valence-corrected chi connectivity index (χ4v) is 3.71. The second-order valence-electron chi connectivity index (χ2n) is 8.25. The maximum absolute atomic E-state index is 15.2. The lowest BCUT2D eigenvalue weighted by Crippen LogP contribution is -2.38. The summed E-state index contributed by atoms with van der Waals surface area (Å²) in [5.74, 6) is -0.837. The summed E-state index contributed by atoms with van der Waals surface area (Å²) >= 11 is 0. The Hall–Kier alpha value is -2.89. The van der Waals surface area contributed by atoms with Crippen molar-refractivity contribution >= 4 is 20.1 Å². The molecule has 9 nitrogen and oxygen atoms in total. The highest BCUT2D eigenvalue weighted by Crippen LogP contribution is 2.33. The molecule has 0 aromatic carbocycles. The van der Waals surface area contributed by atoms with Gasteiger partial charge in [0.05, 0.1) is 25.8 Å². The van der Waals surface area contributed by atoms with E-state index in [1.54, 1.807) is 6.08 Å². The number of aromatic amines is 1. The monoisotopic (exact) mass is 449 g/mol. The summed E-state index contributed by atoms with van der Waals surface area (Å²) in [6.07, 6.45) is -0.580. The minimum atomic E-state index is -1.96. The molecule has 0 radical (unpaired) electrons. The summed E-state index contributed by atoms with van der Waals surface area (Å²) in [6.45, 7) is 5.57. The van der Waals surface area contributed by atoms with Gasteiger partial charge in [0.1, 0.15) is 6.10 Å². The highest BCUT2D eigenvalue weighted by molar-refractivity contribution is 6.81. The first-order valence-electron chi connectivity index (χ1n) is 9.67. The lowest BCUT2D eigenvalue weighted by Gasteiger charge is -2.18. The summed E-state index contributed by atoms with van der Waals surface area (Å²) in [5.41, 5.74) is 0.689. The maximum atomic E-state index is 15.2. The number of aliphatic hydroxyl groups excluding tert-OH is 1. The van der Waals surface area contributed by atoms with E-state index in [9.17, 15) is 19.5 Å². The van der Waals surface area contributed by atoms with Crippen LogP contribution in [0.15, 0.2) is 46.0 Å². The van der Waals surface area contributed by atoms with Gasteiger partial charge in [0.15, 0.2) is 18.5 Å². The number of aliphatic hydroxyl groups is 1. The minimum Gasteiger partial charge on any atom is -0.453 e. The average Bonchev–Trinajstić information content (AvgIpc) is 3.03. The van der Waals surface area contributed by atoms with Gasteiger partial charge in [-0.05, 0) is 12.1 Å². The second kappa shape index (κ2) is 9.08. The van der Waals surface area contributed by atoms with E-state index in [2.05, 4.69) is 29.6 Å². The molecule has 4 atom stereocenters. The van der Waals surface area contributed by atoms with E-state index >= 15 is 4.39 Å². The maximum Gasteiger partial charge on any atom is 0.340 e. The molecule has 166 valence electrons. The standard InChI is InChI=1S/C20H24FN3O6Si/c1-31(2,3)8-6-13-10-24(20(28)23-17(13)26)18-15(21)16(14(11-25)29-18)30-19(27)12-5-4-7-22-9-12/h4-10,14-16,18,25H,11H2,1-3H3,(H,23,26,28). The number of pyridine rings is 1. The molecule has 0 spiro atoms. The second-order valence-corrected chi connectivity index (χ2v) is 13.3. The van der Waals surface area contributed by atoms with Gasteiger partial charge in [-0.1, -0.05) is 31.4 Å². The number of halogens is 1. The third-order valence-corrected chi connectivity index (χ3v) is 5.79. The molecule has 0 saturated carbocycles. The third-order valence-electron chi connectivity index (χ3n) is 4.62. The van der Waals surface area contributed by atoms with Gasteiger partial charge in [0.25, 0.3) is 5.56 Å². The molecule has 1 fully saturated rings. The lowest BCUT2D eigenvalue weighted by molar-refractivity contribution is -0.0534. The van der Waals surface area contributed by atoms with Crippen molar-refractivity contribution < 1.29 is 23.8 Å². The third kappa shape index (κ3) is 5.24. The fraction of sp³-hybridized carbons (Fsp3) is 0.400. The van der Waals surface area contributed by atoms with E-state index < -0.39 is 56.5 Å². The van der Waals surface area contributed by atoms with Crippen molar-refractivity contribution in [2.75, 3.05) is 6.61 Å². The molecule has 2 aromatic heterocycles. The van der Waals surface area contributed by atoms with Crippen molar-refractivity contribution in [1.29, 1.82) is 0 Å². The number of rotatable bonds is 6. The largest absolute Gasteiger partial charge is 0.453 e. The molecular formula is C20H24FN3O6Si. The zero-order valence-corrected chi connectivity index (χ0v) is 18.3. The van der Waals surface area contributed by atoms with Crippen molar-refractivity contribution in [2.45, 2.75) is 44.2 Å². The summed E-state index contributed by atoms with van der Waals surface area (Å²) in [4.78, 5) is 42.7. The number of aromatic nitrogens is 3. The van der Waals surface area contributed by atoms with Crippen molar-refractivity contribution in [3.05, 3.63) is 68.4 Å². The van der Waals surface area contributed by atoms with Crippen LogP contribution >= 0.6 is 0 Å². The summed E-state index contributed by atoms with van der Waals surface area (Å²) in [5, 5.41) is 9.60. The number of hydrogen-bond donors (Lipinski definition) is 2. The smallest absolute Gasteiger partial charge is 0.340 e. The number of carbonyl (C=O) groups excluding carboxylic acids is 1. The van der Waals surface area contributed by atoms with E-state index in [0.717, 1.165) is 4.57 Å². The van der Waals surface area contributed by atoms with Crippen LogP contribution in [0.5, 0.6) is 0 Å². The Morgan fingerprint density at radius 2 is 2.16 bits per heavy atom. The highest BCUT2D eigenvalue weighted by Gasteiger charge is 2.49. The van der Waals surface area contributed by atoms with Crippen LogP contribution in [-0.2, 0) is 9.47 Å². The van der Waals surface area contributed by atoms with Gasteiger partial charge >= 0.3 is 11.7 Å². The van der Waals surface area contributed by atoms with E-state index in [-0.39, 0.29) is 11.1 Å². The molecule has 1 saturated heterocycles. The Bertz CT molecular complexity index is 1080. The Kier molecular flexibility index (Phi) is 6.67. The van der Waals surface area contributed by atoms with Gasteiger partial charge in [-0.3, -0.25) is 19.3 Å². The molecular weight excluding hydrogens is 425 g/mol. The molecule has 0 bridgehead atoms. The Morgan fingerprint density at radius 3 is 2.77 bits per heavy atom. The highest BCUT2D eigenvalue weighted by atomic mass is 28.3. The van der Waals surface area contributed by atoms with E-state index in [1.807, 2.05) is 5.70 Å². The molecule has 2 N–H and O–H groups in total. The Morgan fingerprint density at radius 1 is 1.42 bits per heavy atom. The summed E-state index contributed by atoms with van der Waals surface area (Å²) in [6, 6.07) is 2.98. The summed E-state index contributed by atoms with van der Waals surface area (Å²) in [7, 11) is -1.64. The normalized spacial score (nSPS) is 23.9. The van der Waals surface area contributed by atoms with Crippen LogP contribution < -0.4 is 11.2 Å². The molecule has 1 aliphatic heterocycles. The number of carbonyl (C=O) groups is 1. The molecule has 1 aliphatic rings. The fourth-order valence-electron chi connectivity index (χ4n) is 3.03. The molecule has 0 aliphatic carbocycles. The minimum absolute atomic E-state index is 0.106. The van der Waals surface area contributed by atoms with E-state index in [0.29, 0.717) is 0 Å². The number of nitrogens with one attached hydrogen (secondary N) is 1. The first-order valence-corrected chi connectivity index (χ1v) is 13.2. The SMILES string of the molecule is C[Si](C)(C)C=Cc1cn(C2OC(CO)C(OC(=O)c3cccnc3)C2F)c(=O)[nH]c1=O. The summed E-state index contributed by atoms with van der Waals surface area (Å²) < 4.78 is 26.8. The number of hydrogen-bond acceptors (Lipinski definition) is 7. The van der Waals surface area contributed by atoms with Gasteiger partial charge in [0, 0.05) is 18.6 Å². The van der Waals surface area contributed by atoms with Crippen molar-refractivity contribution in [1.82, 2.24) is 14.5 Å². The van der Waals surface area contributed by atoms with Crippen molar-refractivity contribution in [2.24, 2.45) is 0 Å². The van der Waals surface area contributed by atoms with Crippen LogP contribution in [0.3, 0.4) is 0 Å². The van der Waals surface area contributed by atoms with Crippen LogP contribution in [0, 0.1) is 0 Å². The van der Waals surface area contributed by atoms with E-state index in [1.165, 1.54) is 30.7 Å². The topological polar surface area (TPSA) is 124 Å². The predicted octanol–water partition coefficient (Wildman–Crippen LogP) is 1.28. The lowest BCUT2D eigenvalue weighted by atomic mass is 10.1. The first-order chi connectivity index (χ1) is 14.6. The van der Waals surface area contributed by atoms with Crippen molar-refractivity contribution in [3.63, 3.8) is 0 Å². The van der Waals surface area contributed by atoms with Crippen LogP contribution in [0.25, 0.3) is 6.08 Å². The van der Waals surface area contributed by atoms with Crippen LogP contribution in [0.4, 0.5) is 4.39 Å². The number of alkyl halides is 1. The number of ether oxygens (including phenoxy) is 2. The average molecular weight is 450 g/mol. The zero-order valence-electron chi connectivity index (χ0n) is 17.3. The molecule has 3 heterocycles. The number of nitrogens with zero attached hydrogens (tertiary/aromatic N) is 2. The van der Waals surface area contributed by atoms with Gasteiger partial charge in [-0.15, -0.1) is 0 Å². The Labute approximate surface area is 178 Å². The molecule has 11 heteroatoms. The predicted molar refractivity (Wildman–Crippen MR) is 113 cm³/mol. The first kappa shape index (κ1) is 22.8. The van der Waals surface area contributed by atoms with Crippen LogP contribution in [-0.4, -0.2) is 58.7 Å². The number of H-pyrrole nitrogens is 1. The van der Waals surface area contributed by atoms with E-state index in [4.69, 9.17) is 9.47 Å². The van der Waals surface area contributed by atoms with Crippen molar-refractivity contribution in [3.8, 4) is 0 Å². The quantitative estimate of drug-likeness (QED) is 0.503. The molecule has 3 rings (SSSR count). The zero-order chi connectivity index (χ0) is 22.8. The van der Waals surface area contributed by atoms with Gasteiger partial charge in [-0.2, -0.15) is 0 Å². The molecule has 4 unspecified atom stereocenters.